The first-order valence-electron chi connectivity index (χ1n) is 7.98. The third-order valence-electron chi connectivity index (χ3n) is 4.13. The Balaban J connectivity index is 1.58. The summed E-state index contributed by atoms with van der Waals surface area (Å²) in [5.41, 5.74) is 5.06. The quantitative estimate of drug-likeness (QED) is 0.625. The maximum atomic E-state index is 13.0. The average molecular weight is 333 g/mol. The van der Waals surface area contributed by atoms with E-state index < -0.39 is 0 Å². The van der Waals surface area contributed by atoms with E-state index in [9.17, 15) is 9.18 Å². The van der Waals surface area contributed by atoms with Crippen LogP contribution in [0.2, 0.25) is 0 Å². The number of fused-ring (bicyclic) bond motifs is 1. The second-order valence-electron chi connectivity index (χ2n) is 5.88. The Kier molecular flexibility index (Phi) is 3.82. The summed E-state index contributed by atoms with van der Waals surface area (Å²) in [5, 5.41) is 6.18. The van der Waals surface area contributed by atoms with E-state index in [1.807, 2.05) is 42.6 Å². The number of hydrogen-bond donors (Lipinski definition) is 3. The molecule has 0 fully saturated rings. The average Bonchev–Trinajstić information content (AvgIpc) is 3.23. The van der Waals surface area contributed by atoms with Gasteiger partial charge < -0.3 is 15.6 Å². The van der Waals surface area contributed by atoms with Crippen molar-refractivity contribution in [2.75, 3.05) is 10.6 Å². The number of aromatic amines is 1. The van der Waals surface area contributed by atoms with Crippen LogP contribution in [0, 0.1) is 5.82 Å². The number of benzene rings is 2. The number of hydrogen-bond acceptors (Lipinski definition) is 2. The van der Waals surface area contributed by atoms with Crippen molar-refractivity contribution in [3.63, 3.8) is 0 Å². The lowest BCUT2D eigenvalue weighted by atomic mass is 10.1. The van der Waals surface area contributed by atoms with E-state index in [2.05, 4.69) is 15.6 Å². The minimum Gasteiger partial charge on any atom is -0.381 e. The van der Waals surface area contributed by atoms with E-state index in [1.165, 1.54) is 12.1 Å². The molecular weight excluding hydrogens is 317 g/mol. The van der Waals surface area contributed by atoms with Crippen LogP contribution in [0.15, 0.2) is 60.8 Å². The molecule has 2 heterocycles. The molecule has 25 heavy (non-hydrogen) atoms. The van der Waals surface area contributed by atoms with Crippen LogP contribution in [0.4, 0.5) is 15.8 Å². The highest BCUT2D eigenvalue weighted by Crippen LogP contribution is 2.35. The van der Waals surface area contributed by atoms with Gasteiger partial charge in [-0.15, -0.1) is 0 Å². The third kappa shape index (κ3) is 3.17. The van der Waals surface area contributed by atoms with Crippen LogP contribution in [-0.4, -0.2) is 10.9 Å². The van der Waals surface area contributed by atoms with Gasteiger partial charge in [0.2, 0.25) is 0 Å². The zero-order valence-electron chi connectivity index (χ0n) is 13.3. The maximum Gasteiger partial charge on any atom is 0.256 e. The van der Waals surface area contributed by atoms with Crippen LogP contribution < -0.4 is 10.6 Å². The predicted molar refractivity (Wildman–Crippen MR) is 97.5 cm³/mol. The molecule has 4 rings (SSSR count). The van der Waals surface area contributed by atoms with Gasteiger partial charge >= 0.3 is 0 Å². The molecule has 4 nitrogen and oxygen atoms in total. The summed E-state index contributed by atoms with van der Waals surface area (Å²) >= 11 is 0. The lowest BCUT2D eigenvalue weighted by Crippen LogP contribution is -2.03. The highest BCUT2D eigenvalue weighted by molar-refractivity contribution is 6.35. The number of halogens is 1. The number of nitrogens with one attached hydrogen (secondary N) is 3. The summed E-state index contributed by atoms with van der Waals surface area (Å²) < 4.78 is 13.0. The van der Waals surface area contributed by atoms with Gasteiger partial charge in [-0.25, -0.2) is 4.39 Å². The molecule has 1 aliphatic heterocycles. The number of anilines is 2. The van der Waals surface area contributed by atoms with Gasteiger partial charge in [-0.3, -0.25) is 4.79 Å². The van der Waals surface area contributed by atoms with E-state index in [-0.39, 0.29) is 11.7 Å². The predicted octanol–water partition coefficient (Wildman–Crippen LogP) is 4.26. The van der Waals surface area contributed by atoms with Crippen molar-refractivity contribution in [3.8, 4) is 0 Å². The molecule has 3 N–H and O–H groups in total. The highest BCUT2D eigenvalue weighted by atomic mass is 19.1. The monoisotopic (exact) mass is 333 g/mol. The normalized spacial score (nSPS) is 14.4. The van der Waals surface area contributed by atoms with Crippen LogP contribution in [0.25, 0.3) is 11.6 Å². The molecular formula is C20H16FN3O. The number of amides is 1. The fourth-order valence-electron chi connectivity index (χ4n) is 2.84. The van der Waals surface area contributed by atoms with E-state index in [1.54, 1.807) is 12.1 Å². The minimum atomic E-state index is -0.245. The molecule has 0 unspecified atom stereocenters. The SMILES string of the molecule is O=C1Nc2ccc(NCc3ccc(F)cc3)cc2/C1=C/c1ccc[nH]1. The standard InChI is InChI=1S/C20H16FN3O/c21-14-5-3-13(4-6-14)12-23-16-7-8-19-17(10-16)18(20(25)24-19)11-15-2-1-9-22-15/h1-11,22-23H,12H2,(H,24,25)/b18-11-. The first kappa shape index (κ1) is 15.2. The van der Waals surface area contributed by atoms with Crippen molar-refractivity contribution in [2.24, 2.45) is 0 Å². The number of carbonyl (C=O) groups is 1. The Morgan fingerprint density at radius 3 is 2.68 bits per heavy atom. The lowest BCUT2D eigenvalue weighted by molar-refractivity contribution is -0.110. The van der Waals surface area contributed by atoms with E-state index >= 15 is 0 Å². The van der Waals surface area contributed by atoms with E-state index in [0.717, 1.165) is 28.2 Å². The molecule has 1 amide bonds. The number of carbonyl (C=O) groups excluding carboxylic acids is 1. The Hall–Kier alpha value is -3.34. The molecule has 1 aromatic heterocycles. The van der Waals surface area contributed by atoms with Crippen molar-refractivity contribution in [3.05, 3.63) is 83.4 Å². The van der Waals surface area contributed by atoms with Crippen molar-refractivity contribution < 1.29 is 9.18 Å². The van der Waals surface area contributed by atoms with Crippen LogP contribution in [0.1, 0.15) is 16.8 Å². The van der Waals surface area contributed by atoms with Gasteiger partial charge in [-0.05, 0) is 54.1 Å². The highest BCUT2D eigenvalue weighted by Gasteiger charge is 2.24. The zero-order chi connectivity index (χ0) is 17.2. The van der Waals surface area contributed by atoms with Crippen LogP contribution in [-0.2, 0) is 11.3 Å². The first-order chi connectivity index (χ1) is 12.2. The van der Waals surface area contributed by atoms with Gasteiger partial charge in [0.05, 0.1) is 5.57 Å². The second kappa shape index (κ2) is 6.28. The summed E-state index contributed by atoms with van der Waals surface area (Å²) in [6, 6.07) is 15.9. The summed E-state index contributed by atoms with van der Waals surface area (Å²) in [6.45, 7) is 0.579. The van der Waals surface area contributed by atoms with Crippen LogP contribution in [0.5, 0.6) is 0 Å². The summed E-state index contributed by atoms with van der Waals surface area (Å²) in [5.74, 6) is -0.356. The molecule has 2 aromatic carbocycles. The number of rotatable bonds is 4. The van der Waals surface area contributed by atoms with Crippen LogP contribution in [0.3, 0.4) is 0 Å². The van der Waals surface area contributed by atoms with Gasteiger partial charge in [0.15, 0.2) is 0 Å². The fraction of sp³-hybridized carbons (Fsp3) is 0.0500. The Morgan fingerprint density at radius 2 is 1.92 bits per heavy atom. The third-order valence-corrected chi connectivity index (χ3v) is 4.13. The van der Waals surface area contributed by atoms with Gasteiger partial charge in [0.1, 0.15) is 5.82 Å². The molecule has 0 radical (unpaired) electrons. The Bertz CT molecular complexity index is 944. The number of aromatic nitrogens is 1. The fourth-order valence-corrected chi connectivity index (χ4v) is 2.84. The van der Waals surface area contributed by atoms with Crippen molar-refractivity contribution >= 4 is 28.9 Å². The van der Waals surface area contributed by atoms with Gasteiger partial charge in [0.25, 0.3) is 5.91 Å². The Labute approximate surface area is 144 Å². The molecule has 0 saturated carbocycles. The van der Waals surface area contributed by atoms with Gasteiger partial charge in [-0.2, -0.15) is 0 Å². The topological polar surface area (TPSA) is 56.9 Å². The molecule has 0 saturated heterocycles. The summed E-state index contributed by atoms with van der Waals surface area (Å²) in [4.78, 5) is 15.3. The molecule has 0 bridgehead atoms. The van der Waals surface area contributed by atoms with Crippen molar-refractivity contribution in [1.29, 1.82) is 0 Å². The smallest absolute Gasteiger partial charge is 0.256 e. The van der Waals surface area contributed by atoms with Crippen molar-refractivity contribution in [2.45, 2.75) is 6.54 Å². The maximum absolute atomic E-state index is 13.0. The number of H-pyrrole nitrogens is 1. The molecule has 0 spiro atoms. The Morgan fingerprint density at radius 1 is 1.08 bits per heavy atom. The molecule has 1 aliphatic rings. The largest absolute Gasteiger partial charge is 0.381 e. The van der Waals surface area contributed by atoms with Gasteiger partial charge in [0, 0.05) is 35.4 Å². The summed E-state index contributed by atoms with van der Waals surface area (Å²) in [7, 11) is 0. The summed E-state index contributed by atoms with van der Waals surface area (Å²) in [6.07, 6.45) is 3.66. The van der Waals surface area contributed by atoms with Gasteiger partial charge in [-0.1, -0.05) is 12.1 Å². The van der Waals surface area contributed by atoms with Crippen molar-refractivity contribution in [1.82, 2.24) is 4.98 Å². The first-order valence-corrected chi connectivity index (χ1v) is 7.98. The molecule has 3 aromatic rings. The van der Waals surface area contributed by atoms with E-state index in [0.29, 0.717) is 12.1 Å². The molecule has 124 valence electrons. The second-order valence-corrected chi connectivity index (χ2v) is 5.88. The molecule has 0 aliphatic carbocycles. The van der Waals surface area contributed by atoms with Crippen LogP contribution >= 0.6 is 0 Å². The van der Waals surface area contributed by atoms with E-state index in [4.69, 9.17) is 0 Å². The minimum absolute atomic E-state index is 0.111. The zero-order valence-corrected chi connectivity index (χ0v) is 13.3. The molecule has 0 atom stereocenters. The lowest BCUT2D eigenvalue weighted by Gasteiger charge is -2.08. The molecule has 5 heteroatoms.